The summed E-state index contributed by atoms with van der Waals surface area (Å²) in [7, 11) is 1.75. The monoisotopic (exact) mass is 341 g/mol. The first kappa shape index (κ1) is 17.2. The van der Waals surface area contributed by atoms with Crippen LogP contribution in [-0.2, 0) is 18.4 Å². The SMILES string of the molecule is Cc1cc(C(=O)Nc2ccccc2CN2CCCC2C(N)=O)n(C)n1. The highest BCUT2D eigenvalue weighted by Gasteiger charge is 2.29. The van der Waals surface area contributed by atoms with Gasteiger partial charge in [-0.15, -0.1) is 0 Å². The molecule has 7 heteroatoms. The lowest BCUT2D eigenvalue weighted by atomic mass is 10.1. The van der Waals surface area contributed by atoms with E-state index in [9.17, 15) is 9.59 Å². The summed E-state index contributed by atoms with van der Waals surface area (Å²) in [5.74, 6) is -0.493. The van der Waals surface area contributed by atoms with Crippen LogP contribution in [0.3, 0.4) is 0 Å². The van der Waals surface area contributed by atoms with Crippen molar-refractivity contribution in [1.82, 2.24) is 14.7 Å². The molecular formula is C18H23N5O2. The Balaban J connectivity index is 1.78. The Bertz CT molecular complexity index is 799. The number of amides is 2. The van der Waals surface area contributed by atoms with Gasteiger partial charge in [-0.3, -0.25) is 19.2 Å². The number of anilines is 1. The van der Waals surface area contributed by atoms with Crippen LogP contribution in [0.15, 0.2) is 30.3 Å². The van der Waals surface area contributed by atoms with E-state index in [4.69, 9.17) is 5.73 Å². The van der Waals surface area contributed by atoms with Crippen molar-refractivity contribution in [3.8, 4) is 0 Å². The number of hydrogen-bond donors (Lipinski definition) is 2. The van der Waals surface area contributed by atoms with E-state index < -0.39 is 0 Å². The number of nitrogens with zero attached hydrogens (tertiary/aromatic N) is 3. The van der Waals surface area contributed by atoms with Crippen molar-refractivity contribution >= 4 is 17.5 Å². The van der Waals surface area contributed by atoms with Crippen LogP contribution < -0.4 is 11.1 Å². The van der Waals surface area contributed by atoms with Crippen LogP contribution in [0.2, 0.25) is 0 Å². The maximum atomic E-state index is 12.6. The molecule has 3 N–H and O–H groups in total. The van der Waals surface area contributed by atoms with Gasteiger partial charge in [-0.25, -0.2) is 0 Å². The molecule has 25 heavy (non-hydrogen) atoms. The fourth-order valence-corrected chi connectivity index (χ4v) is 3.35. The van der Waals surface area contributed by atoms with Crippen molar-refractivity contribution in [2.45, 2.75) is 32.4 Å². The van der Waals surface area contributed by atoms with E-state index in [0.717, 1.165) is 36.3 Å². The first-order valence-corrected chi connectivity index (χ1v) is 8.39. The molecule has 0 radical (unpaired) electrons. The molecule has 132 valence electrons. The second-order valence-corrected chi connectivity index (χ2v) is 6.44. The molecule has 2 amide bonds. The van der Waals surface area contributed by atoms with Gasteiger partial charge in [0.1, 0.15) is 5.69 Å². The summed E-state index contributed by atoms with van der Waals surface area (Å²) in [4.78, 5) is 26.2. The minimum Gasteiger partial charge on any atom is -0.368 e. The first-order valence-electron chi connectivity index (χ1n) is 8.39. The molecule has 1 atom stereocenters. The summed E-state index contributed by atoms with van der Waals surface area (Å²) in [6.45, 7) is 3.26. The molecule has 0 bridgehead atoms. The first-order chi connectivity index (χ1) is 12.0. The Morgan fingerprint density at radius 3 is 2.80 bits per heavy atom. The van der Waals surface area contributed by atoms with Crippen molar-refractivity contribution < 1.29 is 9.59 Å². The van der Waals surface area contributed by atoms with Crippen molar-refractivity contribution in [2.75, 3.05) is 11.9 Å². The molecule has 7 nitrogen and oxygen atoms in total. The molecule has 1 aromatic heterocycles. The van der Waals surface area contributed by atoms with Crippen molar-refractivity contribution in [3.63, 3.8) is 0 Å². The number of carbonyl (C=O) groups is 2. The molecular weight excluding hydrogens is 318 g/mol. The van der Waals surface area contributed by atoms with Crippen LogP contribution in [-0.4, -0.2) is 39.1 Å². The highest BCUT2D eigenvalue weighted by molar-refractivity contribution is 6.03. The van der Waals surface area contributed by atoms with E-state index in [1.54, 1.807) is 17.8 Å². The number of benzene rings is 1. The van der Waals surface area contributed by atoms with E-state index in [1.807, 2.05) is 31.2 Å². The van der Waals surface area contributed by atoms with Crippen LogP contribution in [0.4, 0.5) is 5.69 Å². The number of aromatic nitrogens is 2. The van der Waals surface area contributed by atoms with Crippen LogP contribution >= 0.6 is 0 Å². The number of likely N-dealkylation sites (tertiary alicyclic amines) is 1. The summed E-state index contributed by atoms with van der Waals surface area (Å²) in [6, 6.07) is 9.15. The Hall–Kier alpha value is -2.67. The maximum absolute atomic E-state index is 12.6. The third kappa shape index (κ3) is 3.71. The molecule has 2 aromatic rings. The smallest absolute Gasteiger partial charge is 0.273 e. The van der Waals surface area contributed by atoms with Crippen LogP contribution in [0.25, 0.3) is 0 Å². The predicted molar refractivity (Wildman–Crippen MR) is 95.0 cm³/mol. The number of primary amides is 1. The fourth-order valence-electron chi connectivity index (χ4n) is 3.35. The minimum absolute atomic E-state index is 0.205. The van der Waals surface area contributed by atoms with E-state index in [-0.39, 0.29) is 17.9 Å². The van der Waals surface area contributed by atoms with Gasteiger partial charge in [0.25, 0.3) is 5.91 Å². The number of hydrogen-bond acceptors (Lipinski definition) is 4. The Kier molecular flexibility index (Phi) is 4.85. The number of rotatable bonds is 5. The standard InChI is InChI=1S/C18H23N5O2/c1-12-10-16(22(2)21-12)18(25)20-14-7-4-3-6-13(14)11-23-9-5-8-15(23)17(19)24/h3-4,6-7,10,15H,5,8-9,11H2,1-2H3,(H2,19,24)(H,20,25). The average Bonchev–Trinajstić information content (AvgIpc) is 3.15. The van der Waals surface area contributed by atoms with Gasteiger partial charge >= 0.3 is 0 Å². The van der Waals surface area contributed by atoms with Crippen LogP contribution in [0, 0.1) is 6.92 Å². The maximum Gasteiger partial charge on any atom is 0.273 e. The predicted octanol–water partition coefficient (Wildman–Crippen LogP) is 1.43. The zero-order valence-corrected chi connectivity index (χ0v) is 14.5. The molecule has 0 aliphatic carbocycles. The van der Waals surface area contributed by atoms with E-state index in [2.05, 4.69) is 15.3 Å². The fraction of sp³-hybridized carbons (Fsp3) is 0.389. The third-order valence-electron chi connectivity index (χ3n) is 4.57. The quantitative estimate of drug-likeness (QED) is 0.860. The number of aryl methyl sites for hydroxylation is 2. The molecule has 2 heterocycles. The van der Waals surface area contributed by atoms with E-state index in [0.29, 0.717) is 12.2 Å². The van der Waals surface area contributed by atoms with E-state index in [1.165, 1.54) is 0 Å². The van der Waals surface area contributed by atoms with Crippen molar-refractivity contribution in [1.29, 1.82) is 0 Å². The molecule has 1 unspecified atom stereocenters. The van der Waals surface area contributed by atoms with Gasteiger partial charge in [0.2, 0.25) is 5.91 Å². The summed E-state index contributed by atoms with van der Waals surface area (Å²) in [5.41, 5.74) is 8.49. The Morgan fingerprint density at radius 2 is 2.12 bits per heavy atom. The second-order valence-electron chi connectivity index (χ2n) is 6.44. The Morgan fingerprint density at radius 1 is 1.36 bits per heavy atom. The summed E-state index contributed by atoms with van der Waals surface area (Å²) < 4.78 is 1.57. The third-order valence-corrected chi connectivity index (χ3v) is 4.57. The average molecular weight is 341 g/mol. The summed E-state index contributed by atoms with van der Waals surface area (Å²) in [6.07, 6.45) is 1.74. The van der Waals surface area contributed by atoms with Gasteiger partial charge in [0, 0.05) is 19.3 Å². The highest BCUT2D eigenvalue weighted by atomic mass is 16.2. The molecule has 0 saturated carbocycles. The molecule has 1 aliphatic rings. The lowest BCUT2D eigenvalue weighted by Gasteiger charge is -2.23. The number of para-hydroxylation sites is 1. The number of nitrogens with two attached hydrogens (primary N) is 1. The summed E-state index contributed by atoms with van der Waals surface area (Å²) in [5, 5.41) is 7.16. The van der Waals surface area contributed by atoms with Gasteiger partial charge < -0.3 is 11.1 Å². The largest absolute Gasteiger partial charge is 0.368 e. The number of nitrogens with one attached hydrogen (secondary N) is 1. The normalized spacial score (nSPS) is 17.6. The van der Waals surface area contributed by atoms with Crippen molar-refractivity contribution in [2.24, 2.45) is 12.8 Å². The molecule has 1 fully saturated rings. The second kappa shape index (κ2) is 7.06. The highest BCUT2D eigenvalue weighted by Crippen LogP contribution is 2.24. The lowest BCUT2D eigenvalue weighted by Crippen LogP contribution is -2.39. The van der Waals surface area contributed by atoms with Gasteiger partial charge in [-0.2, -0.15) is 5.10 Å². The molecule has 0 spiro atoms. The molecule has 3 rings (SSSR count). The molecule has 1 aliphatic heterocycles. The van der Waals surface area contributed by atoms with Crippen molar-refractivity contribution in [3.05, 3.63) is 47.3 Å². The zero-order valence-electron chi connectivity index (χ0n) is 14.5. The topological polar surface area (TPSA) is 93.3 Å². The van der Waals surface area contributed by atoms with E-state index >= 15 is 0 Å². The Labute approximate surface area is 146 Å². The minimum atomic E-state index is -0.288. The van der Waals surface area contributed by atoms with Crippen LogP contribution in [0.5, 0.6) is 0 Å². The van der Waals surface area contributed by atoms with Crippen LogP contribution in [0.1, 0.15) is 34.6 Å². The summed E-state index contributed by atoms with van der Waals surface area (Å²) >= 11 is 0. The van der Waals surface area contributed by atoms with Gasteiger partial charge in [-0.05, 0) is 44.0 Å². The van der Waals surface area contributed by atoms with Gasteiger partial charge in [0.05, 0.1) is 11.7 Å². The lowest BCUT2D eigenvalue weighted by molar-refractivity contribution is -0.122. The molecule has 1 aromatic carbocycles. The zero-order chi connectivity index (χ0) is 18.0. The number of carbonyl (C=O) groups excluding carboxylic acids is 2. The molecule has 1 saturated heterocycles. The van der Waals surface area contributed by atoms with Gasteiger partial charge in [-0.1, -0.05) is 18.2 Å². The van der Waals surface area contributed by atoms with Gasteiger partial charge in [0.15, 0.2) is 0 Å².